The Labute approximate surface area is 385 Å². The first-order valence-electron chi connectivity index (χ1n) is 22.2. The zero-order valence-corrected chi connectivity index (χ0v) is 38.0. The van der Waals surface area contributed by atoms with Crippen LogP contribution in [0.2, 0.25) is 0 Å². The summed E-state index contributed by atoms with van der Waals surface area (Å²) < 4.78 is 19.3. The molecule has 2 aromatic carbocycles. The molecule has 0 bridgehead atoms. The Morgan fingerprint density at radius 1 is 0.791 bits per heavy atom. The molecule has 0 unspecified atom stereocenters. The Balaban J connectivity index is 1.07. The fourth-order valence-electron chi connectivity index (χ4n) is 8.72. The quantitative estimate of drug-likeness (QED) is 0.0611. The third-order valence-electron chi connectivity index (χ3n) is 11.9. The summed E-state index contributed by atoms with van der Waals surface area (Å²) in [6.07, 6.45) is 4.36. The van der Waals surface area contributed by atoms with Crippen LogP contribution in [0.4, 0.5) is 11.9 Å². The average Bonchev–Trinajstić information content (AvgIpc) is 4.07. The largest absolute Gasteiger partial charge is 0.491 e. The van der Waals surface area contributed by atoms with Gasteiger partial charge in [-0.3, -0.25) is 48.9 Å². The number of aryl methyl sites for hydroxylation is 4. The molecule has 2 aliphatic rings. The van der Waals surface area contributed by atoms with Crippen molar-refractivity contribution in [1.82, 2.24) is 48.5 Å². The van der Waals surface area contributed by atoms with E-state index in [4.69, 9.17) is 31.7 Å². The number of anilines is 2. The molecule has 8 rings (SSSR count). The Bertz CT molecular complexity index is 2920. The van der Waals surface area contributed by atoms with Gasteiger partial charge in [0.2, 0.25) is 29.6 Å². The highest BCUT2D eigenvalue weighted by Crippen LogP contribution is 2.33. The first kappa shape index (κ1) is 46.1. The lowest BCUT2D eigenvalue weighted by Gasteiger charge is -2.54. The van der Waals surface area contributed by atoms with Gasteiger partial charge in [-0.05, 0) is 76.6 Å². The number of hydrogen-bond acceptors (Lipinski definition) is 13. The molecule has 8 N–H and O–H groups in total. The number of morpholine rings is 1. The van der Waals surface area contributed by atoms with Gasteiger partial charge < -0.3 is 40.7 Å². The van der Waals surface area contributed by atoms with E-state index in [9.17, 15) is 24.0 Å². The van der Waals surface area contributed by atoms with Crippen molar-refractivity contribution in [3.63, 3.8) is 0 Å². The summed E-state index contributed by atoms with van der Waals surface area (Å²) in [5, 5.41) is 14.7. The van der Waals surface area contributed by atoms with Gasteiger partial charge in [-0.15, -0.1) is 0 Å². The molecule has 67 heavy (non-hydrogen) atoms. The number of carbonyl (C=O) groups excluding carboxylic acids is 5. The van der Waals surface area contributed by atoms with Crippen LogP contribution >= 0.6 is 0 Å². The molecule has 22 heteroatoms. The van der Waals surface area contributed by atoms with Crippen molar-refractivity contribution in [2.24, 2.45) is 17.2 Å². The number of primary amides is 2. The van der Waals surface area contributed by atoms with Crippen LogP contribution in [0, 0.1) is 13.8 Å². The van der Waals surface area contributed by atoms with Crippen molar-refractivity contribution in [1.29, 1.82) is 0 Å². The molecule has 6 heterocycles. The van der Waals surface area contributed by atoms with Crippen molar-refractivity contribution in [2.45, 2.75) is 65.9 Å². The number of amides is 5. The number of rotatable bonds is 18. The van der Waals surface area contributed by atoms with Crippen molar-refractivity contribution >= 4 is 63.5 Å². The number of hydrogen-bond donors (Lipinski definition) is 5. The Morgan fingerprint density at radius 3 is 2.00 bits per heavy atom. The molecule has 4 aromatic heterocycles. The number of fused-ring (bicyclic) bond motifs is 2. The molecule has 0 radical (unpaired) electrons. The van der Waals surface area contributed by atoms with Gasteiger partial charge in [0.1, 0.15) is 28.3 Å². The Kier molecular flexibility index (Phi) is 13.2. The van der Waals surface area contributed by atoms with Crippen LogP contribution in [0.15, 0.2) is 54.6 Å². The average molecular weight is 918 g/mol. The second-order valence-electron chi connectivity index (χ2n) is 16.7. The molecule has 2 aliphatic heterocycles. The highest BCUT2D eigenvalue weighted by molar-refractivity contribution is 6.05. The first-order chi connectivity index (χ1) is 32.2. The van der Waals surface area contributed by atoms with E-state index in [0.717, 1.165) is 0 Å². The molecular weight excluding hydrogens is 863 g/mol. The number of nitrogens with two attached hydrogens (primary N) is 3. The zero-order valence-electron chi connectivity index (χ0n) is 38.0. The van der Waals surface area contributed by atoms with Crippen molar-refractivity contribution in [3.05, 3.63) is 88.5 Å². The van der Waals surface area contributed by atoms with Gasteiger partial charge >= 0.3 is 0 Å². The first-order valence-corrected chi connectivity index (χ1v) is 22.2. The number of allylic oxidation sites excluding steroid dienone is 2. The van der Waals surface area contributed by atoms with Gasteiger partial charge in [0.25, 0.3) is 11.8 Å². The van der Waals surface area contributed by atoms with Crippen LogP contribution in [0.5, 0.6) is 5.75 Å². The summed E-state index contributed by atoms with van der Waals surface area (Å²) in [6.45, 7) is 12.5. The maximum atomic E-state index is 13.9. The number of carbonyl (C=O) groups is 5. The third-order valence-corrected chi connectivity index (χ3v) is 11.9. The van der Waals surface area contributed by atoms with Gasteiger partial charge in [0.05, 0.1) is 54.2 Å². The van der Waals surface area contributed by atoms with Gasteiger partial charge in [-0.25, -0.2) is 9.97 Å². The SMILES string of the molecule is CCn1nc(C)cc1C(=O)Nc1nc2cc(C(N)=O)ccc2n1C/C=C/Cn1c(NC(=O)c2cc(C)nn2CC)nc2cc(C(N)=O)cc(OCCCN3CC4(C3)CN(C(=O)CN)CCO4)c21. The second-order valence-corrected chi connectivity index (χ2v) is 16.7. The van der Waals surface area contributed by atoms with E-state index in [1.54, 1.807) is 72.8 Å². The topological polar surface area (TPSA) is 284 Å². The van der Waals surface area contributed by atoms with Gasteiger partial charge in [-0.1, -0.05) is 12.2 Å². The normalized spacial score (nSPS) is 14.9. The van der Waals surface area contributed by atoms with E-state index < -0.39 is 29.2 Å². The maximum absolute atomic E-state index is 13.9. The number of benzene rings is 2. The molecule has 6 aromatic rings. The number of aromatic nitrogens is 8. The smallest absolute Gasteiger partial charge is 0.276 e. The minimum atomic E-state index is -0.678. The van der Waals surface area contributed by atoms with Crippen LogP contribution < -0.4 is 32.6 Å². The Hall–Kier alpha value is -7.43. The minimum Gasteiger partial charge on any atom is -0.491 e. The van der Waals surface area contributed by atoms with E-state index in [1.807, 2.05) is 32.9 Å². The lowest BCUT2D eigenvalue weighted by molar-refractivity contribution is -0.188. The second kappa shape index (κ2) is 19.2. The molecule has 22 nitrogen and oxygen atoms in total. The lowest BCUT2D eigenvalue weighted by atomic mass is 9.91. The Morgan fingerprint density at radius 2 is 1.39 bits per heavy atom. The van der Waals surface area contributed by atoms with Crippen molar-refractivity contribution < 1.29 is 33.4 Å². The predicted molar refractivity (Wildman–Crippen MR) is 248 cm³/mol. The molecule has 1 spiro atoms. The molecule has 2 fully saturated rings. The fourth-order valence-corrected chi connectivity index (χ4v) is 8.72. The number of likely N-dealkylation sites (tertiary alicyclic amines) is 1. The highest BCUT2D eigenvalue weighted by atomic mass is 16.5. The number of nitrogens with zero attached hydrogens (tertiary/aromatic N) is 10. The standard InChI is InChI=1S/C45H55N15O7/c1-5-59-34(18-27(3)53-59)41(64)51-43-49-31-20-29(39(47)62)10-11-33(31)57(43)13-7-8-14-58-38-32(50-44(58)52-42(65)35-19-28(4)54-60(35)6-2)21-30(40(48)63)22-36(38)66-16-9-12-55-24-45(25-55)26-56(15-17-67-45)37(61)23-46/h7-8,10-11,18-22H,5-6,9,12-17,23-26,46H2,1-4H3,(H2,47,62)(H2,48,63)(H,49,51,64)(H,50,52,65)/b8-7+. The lowest BCUT2D eigenvalue weighted by Crippen LogP contribution is -2.70. The van der Waals surface area contributed by atoms with Crippen LogP contribution in [-0.2, 0) is 35.7 Å². The summed E-state index contributed by atoms with van der Waals surface area (Å²) in [6, 6.07) is 11.4. The van der Waals surface area contributed by atoms with Crippen molar-refractivity contribution in [3.8, 4) is 5.75 Å². The van der Waals surface area contributed by atoms with E-state index in [-0.39, 0.29) is 55.2 Å². The summed E-state index contributed by atoms with van der Waals surface area (Å²) in [5.74, 6) is -1.48. The summed E-state index contributed by atoms with van der Waals surface area (Å²) in [5.41, 5.74) is 21.0. The molecule has 5 amide bonds. The maximum Gasteiger partial charge on any atom is 0.276 e. The summed E-state index contributed by atoms with van der Waals surface area (Å²) >= 11 is 0. The van der Waals surface area contributed by atoms with E-state index >= 15 is 0 Å². The number of imidazole rings is 2. The molecule has 352 valence electrons. The summed E-state index contributed by atoms with van der Waals surface area (Å²) in [4.78, 5) is 77.9. The zero-order chi connectivity index (χ0) is 47.6. The van der Waals surface area contributed by atoms with Crippen LogP contribution in [-0.4, -0.2) is 136 Å². The fraction of sp³-hybridized carbons (Fsp3) is 0.400. The monoisotopic (exact) mass is 917 g/mol. The number of ether oxygens (including phenoxy) is 2. The number of nitrogens with one attached hydrogen (secondary N) is 2. The van der Waals surface area contributed by atoms with Gasteiger partial charge in [-0.2, -0.15) is 10.2 Å². The van der Waals surface area contributed by atoms with E-state index in [2.05, 4.69) is 30.7 Å². The third kappa shape index (κ3) is 9.62. The van der Waals surface area contributed by atoms with Gasteiger partial charge in [0.15, 0.2) is 0 Å². The van der Waals surface area contributed by atoms with E-state index in [0.29, 0.717) is 109 Å². The van der Waals surface area contributed by atoms with Crippen LogP contribution in [0.1, 0.15) is 73.3 Å². The highest BCUT2D eigenvalue weighted by Gasteiger charge is 2.47. The van der Waals surface area contributed by atoms with Gasteiger partial charge in [0, 0.05) is 63.5 Å². The molecule has 0 saturated carbocycles. The molecule has 0 atom stereocenters. The van der Waals surface area contributed by atoms with E-state index in [1.165, 1.54) is 0 Å². The van der Waals surface area contributed by atoms with Crippen LogP contribution in [0.25, 0.3) is 22.1 Å². The van der Waals surface area contributed by atoms with Crippen LogP contribution in [0.3, 0.4) is 0 Å². The molecule has 0 aliphatic carbocycles. The molecular formula is C45H55N15O7. The van der Waals surface area contributed by atoms with Crippen molar-refractivity contribution in [2.75, 3.05) is 63.1 Å². The summed E-state index contributed by atoms with van der Waals surface area (Å²) in [7, 11) is 0. The molecule has 2 saturated heterocycles. The minimum absolute atomic E-state index is 0.0333. The predicted octanol–water partition coefficient (Wildman–Crippen LogP) is 2.04.